The zero-order chi connectivity index (χ0) is 8.32. The van der Waals surface area contributed by atoms with E-state index in [1.807, 2.05) is 0 Å². The zero-order valence-corrected chi connectivity index (χ0v) is 8.08. The number of nitrogens with one attached hydrogen (secondary N) is 1. The molecule has 11 heavy (non-hydrogen) atoms. The molecule has 1 unspecified atom stereocenters. The molecule has 0 aromatic heterocycles. The summed E-state index contributed by atoms with van der Waals surface area (Å²) < 4.78 is 0. The molecule has 1 fully saturated rings. The van der Waals surface area contributed by atoms with Gasteiger partial charge in [-0.1, -0.05) is 0 Å². The van der Waals surface area contributed by atoms with Gasteiger partial charge in [-0.2, -0.15) is 11.8 Å². The van der Waals surface area contributed by atoms with Gasteiger partial charge in [0, 0.05) is 17.3 Å². The van der Waals surface area contributed by atoms with Gasteiger partial charge in [-0.05, 0) is 26.0 Å². The van der Waals surface area contributed by atoms with Gasteiger partial charge in [-0.15, -0.1) is 0 Å². The van der Waals surface area contributed by atoms with Gasteiger partial charge in [0.05, 0.1) is 6.61 Å². The van der Waals surface area contributed by atoms with Crippen molar-refractivity contribution in [2.24, 2.45) is 0 Å². The lowest BCUT2D eigenvalue weighted by Gasteiger charge is -2.27. The van der Waals surface area contributed by atoms with Crippen molar-refractivity contribution in [1.29, 1.82) is 0 Å². The quantitative estimate of drug-likeness (QED) is 0.650. The van der Waals surface area contributed by atoms with Crippen LogP contribution in [0.4, 0.5) is 0 Å². The zero-order valence-electron chi connectivity index (χ0n) is 7.26. The summed E-state index contributed by atoms with van der Waals surface area (Å²) in [4.78, 5) is 0. The van der Waals surface area contributed by atoms with Crippen LogP contribution in [0.1, 0.15) is 19.8 Å². The van der Waals surface area contributed by atoms with E-state index < -0.39 is 0 Å². The summed E-state index contributed by atoms with van der Waals surface area (Å²) in [6.07, 6.45) is 4.64. The fraction of sp³-hybridized carbons (Fsp3) is 1.00. The number of aliphatic hydroxyl groups is 1. The molecular weight excluding hydrogens is 158 g/mol. The molecule has 2 N–H and O–H groups in total. The molecule has 0 radical (unpaired) electrons. The van der Waals surface area contributed by atoms with E-state index in [4.69, 9.17) is 5.11 Å². The summed E-state index contributed by atoms with van der Waals surface area (Å²) in [6, 6.07) is 0.680. The van der Waals surface area contributed by atoms with Crippen molar-refractivity contribution in [3.63, 3.8) is 0 Å². The number of hydrogen-bond acceptors (Lipinski definition) is 3. The standard InChI is InChI=1S/C8H17NOS/c1-8(5-10,6-11-2)9-7-3-4-7/h7,9-10H,3-6H2,1-2H3. The second-order valence-electron chi connectivity index (χ2n) is 3.57. The Kier molecular flexibility index (Phi) is 3.22. The smallest absolute Gasteiger partial charge is 0.0618 e. The summed E-state index contributed by atoms with van der Waals surface area (Å²) in [5.74, 6) is 0.986. The molecule has 1 aliphatic carbocycles. The molecule has 0 aromatic rings. The third kappa shape index (κ3) is 3.01. The van der Waals surface area contributed by atoms with E-state index in [9.17, 15) is 0 Å². The van der Waals surface area contributed by atoms with E-state index in [1.165, 1.54) is 12.8 Å². The Balaban J connectivity index is 2.29. The van der Waals surface area contributed by atoms with Crippen LogP contribution in [0.15, 0.2) is 0 Å². The van der Waals surface area contributed by atoms with Crippen molar-refractivity contribution < 1.29 is 5.11 Å². The first kappa shape index (κ1) is 9.36. The van der Waals surface area contributed by atoms with Crippen LogP contribution in [-0.4, -0.2) is 35.3 Å². The summed E-state index contributed by atoms with van der Waals surface area (Å²) in [5.41, 5.74) is -0.0550. The van der Waals surface area contributed by atoms with Crippen LogP contribution >= 0.6 is 11.8 Å². The predicted octanol–water partition coefficient (Wildman–Crippen LogP) is 0.852. The summed E-state index contributed by atoms with van der Waals surface area (Å²) in [5, 5.41) is 12.6. The number of rotatable bonds is 5. The number of aliphatic hydroxyl groups excluding tert-OH is 1. The predicted molar refractivity (Wildman–Crippen MR) is 50.0 cm³/mol. The van der Waals surface area contributed by atoms with Gasteiger partial charge in [0.2, 0.25) is 0 Å². The molecule has 1 saturated carbocycles. The second kappa shape index (κ2) is 3.78. The lowest BCUT2D eigenvalue weighted by molar-refractivity contribution is 0.190. The van der Waals surface area contributed by atoms with Crippen molar-refractivity contribution in [2.45, 2.75) is 31.3 Å². The van der Waals surface area contributed by atoms with Gasteiger partial charge in [0.1, 0.15) is 0 Å². The minimum absolute atomic E-state index is 0.0550. The minimum Gasteiger partial charge on any atom is -0.394 e. The van der Waals surface area contributed by atoms with Crippen molar-refractivity contribution in [2.75, 3.05) is 18.6 Å². The Hall–Kier alpha value is 0.270. The fourth-order valence-electron chi connectivity index (χ4n) is 1.17. The van der Waals surface area contributed by atoms with Gasteiger partial charge in [0.15, 0.2) is 0 Å². The molecule has 2 nitrogen and oxygen atoms in total. The van der Waals surface area contributed by atoms with Crippen LogP contribution in [0.25, 0.3) is 0 Å². The van der Waals surface area contributed by atoms with Crippen molar-refractivity contribution >= 4 is 11.8 Å². The first-order chi connectivity index (χ1) is 5.20. The molecule has 0 heterocycles. The van der Waals surface area contributed by atoms with Crippen LogP contribution in [0.2, 0.25) is 0 Å². The fourth-order valence-corrected chi connectivity index (χ4v) is 1.98. The Bertz CT molecular complexity index is 127. The topological polar surface area (TPSA) is 32.3 Å². The molecule has 1 rings (SSSR count). The molecule has 3 heteroatoms. The first-order valence-corrected chi connectivity index (χ1v) is 5.47. The molecule has 0 aromatic carbocycles. The Morgan fingerprint density at radius 2 is 2.27 bits per heavy atom. The maximum Gasteiger partial charge on any atom is 0.0618 e. The van der Waals surface area contributed by atoms with Gasteiger partial charge in [-0.3, -0.25) is 0 Å². The summed E-state index contributed by atoms with van der Waals surface area (Å²) in [6.45, 7) is 2.33. The number of hydrogen-bond donors (Lipinski definition) is 2. The lowest BCUT2D eigenvalue weighted by atomic mass is 10.1. The van der Waals surface area contributed by atoms with Crippen molar-refractivity contribution in [3.05, 3.63) is 0 Å². The SMILES string of the molecule is CSCC(C)(CO)NC1CC1. The third-order valence-electron chi connectivity index (χ3n) is 1.94. The van der Waals surface area contributed by atoms with Crippen molar-refractivity contribution in [1.82, 2.24) is 5.32 Å². The first-order valence-electron chi connectivity index (χ1n) is 4.08. The van der Waals surface area contributed by atoms with E-state index in [2.05, 4.69) is 18.5 Å². The summed E-state index contributed by atoms with van der Waals surface area (Å²) >= 11 is 1.78. The average molecular weight is 175 g/mol. The molecule has 1 aliphatic rings. The second-order valence-corrected chi connectivity index (χ2v) is 4.44. The normalized spacial score (nSPS) is 23.2. The highest BCUT2D eigenvalue weighted by molar-refractivity contribution is 7.98. The van der Waals surface area contributed by atoms with Gasteiger partial charge in [0.25, 0.3) is 0 Å². The molecule has 0 bridgehead atoms. The third-order valence-corrected chi connectivity index (χ3v) is 2.87. The molecule has 0 aliphatic heterocycles. The van der Waals surface area contributed by atoms with Gasteiger partial charge in [-0.25, -0.2) is 0 Å². The molecule has 0 amide bonds. The molecule has 1 atom stereocenters. The van der Waals surface area contributed by atoms with Crippen LogP contribution in [-0.2, 0) is 0 Å². The van der Waals surface area contributed by atoms with Crippen molar-refractivity contribution in [3.8, 4) is 0 Å². The van der Waals surface area contributed by atoms with E-state index >= 15 is 0 Å². The Morgan fingerprint density at radius 3 is 2.64 bits per heavy atom. The van der Waals surface area contributed by atoms with Crippen LogP contribution in [0, 0.1) is 0 Å². The van der Waals surface area contributed by atoms with Crippen LogP contribution < -0.4 is 5.32 Å². The maximum atomic E-state index is 9.12. The minimum atomic E-state index is -0.0550. The van der Waals surface area contributed by atoms with Crippen LogP contribution in [0.3, 0.4) is 0 Å². The molecule has 66 valence electrons. The summed E-state index contributed by atoms with van der Waals surface area (Å²) in [7, 11) is 0. The average Bonchev–Trinajstić information content (AvgIpc) is 2.73. The largest absolute Gasteiger partial charge is 0.394 e. The lowest BCUT2D eigenvalue weighted by Crippen LogP contribution is -2.49. The van der Waals surface area contributed by atoms with Gasteiger partial charge < -0.3 is 10.4 Å². The van der Waals surface area contributed by atoms with E-state index in [-0.39, 0.29) is 12.1 Å². The highest BCUT2D eigenvalue weighted by Crippen LogP contribution is 2.23. The number of thioether (sulfide) groups is 1. The monoisotopic (exact) mass is 175 g/mol. The maximum absolute atomic E-state index is 9.12. The van der Waals surface area contributed by atoms with Crippen LogP contribution in [0.5, 0.6) is 0 Å². The Labute approximate surface area is 72.8 Å². The van der Waals surface area contributed by atoms with Gasteiger partial charge >= 0.3 is 0 Å². The van der Waals surface area contributed by atoms with E-state index in [0.717, 1.165) is 5.75 Å². The van der Waals surface area contributed by atoms with E-state index in [1.54, 1.807) is 11.8 Å². The molecular formula is C8H17NOS. The molecule has 0 spiro atoms. The highest BCUT2D eigenvalue weighted by Gasteiger charge is 2.31. The molecule has 0 saturated heterocycles. The van der Waals surface area contributed by atoms with E-state index in [0.29, 0.717) is 6.04 Å². The Morgan fingerprint density at radius 1 is 1.64 bits per heavy atom. The highest BCUT2D eigenvalue weighted by atomic mass is 32.2.